The topological polar surface area (TPSA) is 35.2 Å². The Morgan fingerprint density at radius 1 is 1.00 bits per heavy atom. The van der Waals surface area contributed by atoms with Crippen molar-refractivity contribution in [3.8, 4) is 16.9 Å². The molecule has 2 nitrogen and oxygen atoms in total. The second kappa shape index (κ2) is 4.83. The van der Waals surface area contributed by atoms with E-state index >= 15 is 0 Å². The minimum Gasteiger partial charge on any atom is -0.493 e. The fourth-order valence-corrected chi connectivity index (χ4v) is 2.43. The molecule has 1 aliphatic heterocycles. The molecule has 1 heterocycles. The lowest BCUT2D eigenvalue weighted by Gasteiger charge is -2.10. The number of fused-ring (bicyclic) bond motifs is 1. The zero-order valence-electron chi connectivity index (χ0n) is 10.6. The zero-order chi connectivity index (χ0) is 14.3. The summed E-state index contributed by atoms with van der Waals surface area (Å²) in [6.07, 6.45) is 0.725. The highest BCUT2D eigenvalue weighted by Gasteiger charge is 2.19. The van der Waals surface area contributed by atoms with E-state index in [4.69, 9.17) is 10.5 Å². The molecule has 0 radical (unpaired) electrons. The molecule has 0 saturated carbocycles. The van der Waals surface area contributed by atoms with Crippen LogP contribution in [-0.4, -0.2) is 6.61 Å². The van der Waals surface area contributed by atoms with Gasteiger partial charge in [0.1, 0.15) is 5.75 Å². The molecule has 2 N–H and O–H groups in total. The van der Waals surface area contributed by atoms with Gasteiger partial charge < -0.3 is 10.5 Å². The Bertz CT molecular complexity index is 662. The summed E-state index contributed by atoms with van der Waals surface area (Å²) in [6, 6.07) is 5.48. The molecule has 0 fully saturated rings. The molecule has 0 bridgehead atoms. The third-order valence-corrected chi connectivity index (χ3v) is 3.40. The predicted octanol–water partition coefficient (Wildman–Crippen LogP) is 3.16. The molecule has 1 aliphatic rings. The van der Waals surface area contributed by atoms with Gasteiger partial charge in [0.2, 0.25) is 0 Å². The van der Waals surface area contributed by atoms with E-state index in [1.807, 2.05) is 0 Å². The molecule has 0 atom stereocenters. The van der Waals surface area contributed by atoms with Crippen LogP contribution in [0, 0.1) is 17.5 Å². The Balaban J connectivity index is 2.16. The molecule has 0 spiro atoms. The van der Waals surface area contributed by atoms with Gasteiger partial charge in [-0.15, -0.1) is 0 Å². The van der Waals surface area contributed by atoms with E-state index in [2.05, 4.69) is 0 Å². The highest BCUT2D eigenvalue weighted by atomic mass is 19.2. The summed E-state index contributed by atoms with van der Waals surface area (Å²) < 4.78 is 45.1. The fraction of sp³-hybridized carbons (Fsp3) is 0.200. The lowest BCUT2D eigenvalue weighted by atomic mass is 9.98. The summed E-state index contributed by atoms with van der Waals surface area (Å²) in [7, 11) is 0. The maximum absolute atomic E-state index is 13.3. The molecule has 0 aromatic heterocycles. The Labute approximate surface area is 114 Å². The van der Waals surface area contributed by atoms with Crippen molar-refractivity contribution in [2.24, 2.45) is 5.73 Å². The van der Waals surface area contributed by atoms with Gasteiger partial charge in [-0.3, -0.25) is 0 Å². The molecule has 0 aliphatic carbocycles. The van der Waals surface area contributed by atoms with E-state index in [9.17, 15) is 13.2 Å². The minimum atomic E-state index is -1.46. The van der Waals surface area contributed by atoms with E-state index in [1.54, 1.807) is 12.1 Å². The van der Waals surface area contributed by atoms with Crippen LogP contribution in [0.1, 0.15) is 11.1 Å². The maximum Gasteiger partial charge on any atom is 0.194 e. The number of hydrogen-bond donors (Lipinski definition) is 1. The van der Waals surface area contributed by atoms with E-state index in [-0.39, 0.29) is 12.1 Å². The number of nitrogens with two attached hydrogens (primary N) is 1. The Morgan fingerprint density at radius 3 is 2.30 bits per heavy atom. The fourth-order valence-electron chi connectivity index (χ4n) is 2.43. The predicted molar refractivity (Wildman–Crippen MR) is 68.8 cm³/mol. The van der Waals surface area contributed by atoms with Crippen LogP contribution in [-0.2, 0) is 13.0 Å². The molecule has 3 rings (SSSR count). The first-order valence-corrected chi connectivity index (χ1v) is 6.23. The largest absolute Gasteiger partial charge is 0.493 e. The average Bonchev–Trinajstić information content (AvgIpc) is 2.91. The summed E-state index contributed by atoms with van der Waals surface area (Å²) >= 11 is 0. The summed E-state index contributed by atoms with van der Waals surface area (Å²) in [5, 5.41) is 0. The van der Waals surface area contributed by atoms with Crippen LogP contribution in [0.3, 0.4) is 0 Å². The smallest absolute Gasteiger partial charge is 0.194 e. The van der Waals surface area contributed by atoms with Crippen LogP contribution < -0.4 is 10.5 Å². The van der Waals surface area contributed by atoms with Gasteiger partial charge in [-0.1, -0.05) is 0 Å². The van der Waals surface area contributed by atoms with Crippen LogP contribution in [0.4, 0.5) is 13.2 Å². The van der Waals surface area contributed by atoms with Gasteiger partial charge in [-0.2, -0.15) is 0 Å². The molecule has 104 valence electrons. The van der Waals surface area contributed by atoms with E-state index in [0.29, 0.717) is 12.2 Å². The number of halogens is 3. The molecule has 0 saturated heterocycles. The first-order valence-electron chi connectivity index (χ1n) is 6.23. The highest BCUT2D eigenvalue weighted by Crippen LogP contribution is 2.35. The van der Waals surface area contributed by atoms with E-state index < -0.39 is 17.5 Å². The summed E-state index contributed by atoms with van der Waals surface area (Å²) in [6.45, 7) is 0.834. The van der Waals surface area contributed by atoms with Crippen molar-refractivity contribution in [1.82, 2.24) is 0 Å². The number of hydrogen-bond acceptors (Lipinski definition) is 2. The molecular weight excluding hydrogens is 267 g/mol. The van der Waals surface area contributed by atoms with Crippen LogP contribution in [0.5, 0.6) is 5.75 Å². The monoisotopic (exact) mass is 279 g/mol. The standard InChI is InChI=1S/C15H12F3NO/c16-12-5-10(6-13(17)14(12)18)9-3-8-1-2-20-15(8)11(4-9)7-19/h3-6H,1-2,7,19H2. The van der Waals surface area contributed by atoms with Gasteiger partial charge >= 0.3 is 0 Å². The summed E-state index contributed by atoms with van der Waals surface area (Å²) in [5.41, 5.74) is 8.28. The first-order chi connectivity index (χ1) is 9.60. The van der Waals surface area contributed by atoms with Crippen LogP contribution in [0.15, 0.2) is 24.3 Å². The van der Waals surface area contributed by atoms with Crippen molar-refractivity contribution in [1.29, 1.82) is 0 Å². The van der Waals surface area contributed by atoms with Crippen LogP contribution in [0.25, 0.3) is 11.1 Å². The normalized spacial score (nSPS) is 13.2. The van der Waals surface area contributed by atoms with E-state index in [0.717, 1.165) is 35.4 Å². The second-order valence-corrected chi connectivity index (χ2v) is 4.68. The van der Waals surface area contributed by atoms with Gasteiger partial charge in [0.25, 0.3) is 0 Å². The molecule has 0 amide bonds. The Morgan fingerprint density at radius 2 is 1.65 bits per heavy atom. The Hall–Kier alpha value is -2.01. The van der Waals surface area contributed by atoms with Gasteiger partial charge in [-0.05, 0) is 41.0 Å². The third-order valence-electron chi connectivity index (χ3n) is 3.40. The van der Waals surface area contributed by atoms with Gasteiger partial charge in [0, 0.05) is 18.5 Å². The summed E-state index contributed by atoms with van der Waals surface area (Å²) in [4.78, 5) is 0. The number of benzene rings is 2. The lowest BCUT2D eigenvalue weighted by molar-refractivity contribution is 0.353. The maximum atomic E-state index is 13.3. The van der Waals surface area contributed by atoms with Crippen molar-refractivity contribution in [3.05, 3.63) is 52.8 Å². The van der Waals surface area contributed by atoms with Crippen molar-refractivity contribution in [2.75, 3.05) is 6.61 Å². The van der Waals surface area contributed by atoms with Crippen molar-refractivity contribution >= 4 is 0 Å². The number of ether oxygens (including phenoxy) is 1. The lowest BCUT2D eigenvalue weighted by Crippen LogP contribution is -2.00. The second-order valence-electron chi connectivity index (χ2n) is 4.68. The van der Waals surface area contributed by atoms with Crippen LogP contribution >= 0.6 is 0 Å². The molecule has 2 aromatic rings. The quantitative estimate of drug-likeness (QED) is 0.857. The average molecular weight is 279 g/mol. The third kappa shape index (κ3) is 2.04. The van der Waals surface area contributed by atoms with E-state index in [1.165, 1.54) is 0 Å². The SMILES string of the molecule is NCc1cc(-c2cc(F)c(F)c(F)c2)cc2c1OCC2. The molecule has 0 unspecified atom stereocenters. The minimum absolute atomic E-state index is 0.266. The molecular formula is C15H12F3NO. The van der Waals surface area contributed by atoms with Gasteiger partial charge in [0.15, 0.2) is 17.5 Å². The van der Waals surface area contributed by atoms with Gasteiger partial charge in [0.05, 0.1) is 6.61 Å². The van der Waals surface area contributed by atoms with Crippen molar-refractivity contribution < 1.29 is 17.9 Å². The van der Waals surface area contributed by atoms with Crippen molar-refractivity contribution in [3.63, 3.8) is 0 Å². The number of rotatable bonds is 2. The molecule has 5 heteroatoms. The molecule has 20 heavy (non-hydrogen) atoms. The Kier molecular flexibility index (Phi) is 3.14. The van der Waals surface area contributed by atoms with Crippen LogP contribution in [0.2, 0.25) is 0 Å². The highest BCUT2D eigenvalue weighted by molar-refractivity contribution is 5.68. The van der Waals surface area contributed by atoms with Crippen molar-refractivity contribution in [2.45, 2.75) is 13.0 Å². The van der Waals surface area contributed by atoms with Gasteiger partial charge in [-0.25, -0.2) is 13.2 Å². The summed E-state index contributed by atoms with van der Waals surface area (Å²) in [5.74, 6) is -3.12. The molecule has 2 aromatic carbocycles. The zero-order valence-corrected chi connectivity index (χ0v) is 10.6. The first kappa shape index (κ1) is 13.0.